The predicted molar refractivity (Wildman–Crippen MR) is 153 cm³/mol. The van der Waals surface area contributed by atoms with E-state index in [1.165, 1.54) is 96.3 Å². The van der Waals surface area contributed by atoms with Crippen LogP contribution in [0.2, 0.25) is 0 Å². The van der Waals surface area contributed by atoms with Gasteiger partial charge < -0.3 is 14.5 Å². The Morgan fingerprint density at radius 2 is 1.03 bits per heavy atom. The van der Waals surface area contributed by atoms with Gasteiger partial charge in [0.15, 0.2) is 0 Å². The van der Waals surface area contributed by atoms with Crippen molar-refractivity contribution in [2.75, 3.05) is 12.8 Å². The molecule has 0 aromatic heterocycles. The highest BCUT2D eigenvalue weighted by atomic mass is 31.2. The van der Waals surface area contributed by atoms with Gasteiger partial charge in [0.2, 0.25) is 0 Å². The van der Waals surface area contributed by atoms with Crippen molar-refractivity contribution < 1.29 is 23.9 Å². The maximum absolute atomic E-state index is 11.8. The second kappa shape index (κ2) is 27.4. The van der Waals surface area contributed by atoms with Crippen LogP contribution in [0.5, 0.6) is 0 Å². The Balaban J connectivity index is 3.23. The average Bonchev–Trinajstić information content (AvgIpc) is 2.83. The molecule has 0 unspecified atom stereocenters. The van der Waals surface area contributed by atoms with E-state index in [1.807, 2.05) is 0 Å². The van der Waals surface area contributed by atoms with Crippen LogP contribution in [-0.4, -0.2) is 28.5 Å². The van der Waals surface area contributed by atoms with Crippen LogP contribution in [0.3, 0.4) is 0 Å². The van der Waals surface area contributed by atoms with Crippen LogP contribution in [0.25, 0.3) is 0 Å². The molecule has 2 N–H and O–H groups in total. The highest BCUT2D eigenvalue weighted by Gasteiger charge is 2.10. The quantitative estimate of drug-likeness (QED) is 0.0455. The van der Waals surface area contributed by atoms with Crippen molar-refractivity contribution in [2.45, 2.75) is 161 Å². The van der Waals surface area contributed by atoms with Gasteiger partial charge >= 0.3 is 13.6 Å². The number of rotatable bonds is 28. The minimum atomic E-state index is -3.80. The van der Waals surface area contributed by atoms with E-state index >= 15 is 0 Å². The Morgan fingerprint density at radius 1 is 0.611 bits per heavy atom. The van der Waals surface area contributed by atoms with Gasteiger partial charge in [-0.15, -0.1) is 0 Å². The van der Waals surface area contributed by atoms with E-state index in [9.17, 15) is 9.36 Å². The molecule has 0 aromatic carbocycles. The number of unbranched alkanes of at least 4 members (excludes halogenated alkanes) is 20. The second-order valence-corrected chi connectivity index (χ2v) is 12.3. The third-order valence-corrected chi connectivity index (χ3v) is 7.65. The van der Waals surface area contributed by atoms with Crippen LogP contribution in [0, 0.1) is 0 Å². The highest BCUT2D eigenvalue weighted by Crippen LogP contribution is 2.35. The number of hydrogen-bond acceptors (Lipinski definition) is 3. The molecular weight excluding hydrogens is 471 g/mol. The zero-order valence-corrected chi connectivity index (χ0v) is 24.5. The maximum atomic E-state index is 11.8. The molecule has 0 saturated heterocycles. The Bertz CT molecular complexity index is 543. The van der Waals surface area contributed by atoms with Gasteiger partial charge in [-0.3, -0.25) is 9.36 Å². The minimum absolute atomic E-state index is 0.0229. The monoisotopic (exact) mass is 530 g/mol. The van der Waals surface area contributed by atoms with E-state index in [2.05, 4.69) is 19.1 Å². The van der Waals surface area contributed by atoms with Crippen molar-refractivity contribution >= 4 is 13.6 Å². The Kier molecular flexibility index (Phi) is 26.9. The number of ether oxygens (including phenoxy) is 1. The molecule has 0 fully saturated rings. The zero-order valence-electron chi connectivity index (χ0n) is 23.6. The fourth-order valence-corrected chi connectivity index (χ4v) is 5.07. The Hall–Kier alpha value is -0.640. The molecule has 0 aliphatic heterocycles. The lowest BCUT2D eigenvalue weighted by Gasteiger charge is -2.06. The maximum Gasteiger partial charge on any atom is 0.325 e. The van der Waals surface area contributed by atoms with E-state index in [-0.39, 0.29) is 12.1 Å². The molecule has 0 atom stereocenters. The van der Waals surface area contributed by atoms with Crippen LogP contribution in [0.15, 0.2) is 12.2 Å². The second-order valence-electron chi connectivity index (χ2n) is 10.5. The molecule has 0 aliphatic rings. The summed E-state index contributed by atoms with van der Waals surface area (Å²) in [5, 5.41) is 0. The molecule has 0 radical (unpaired) electrons. The van der Waals surface area contributed by atoms with Gasteiger partial charge in [-0.25, -0.2) is 0 Å². The summed E-state index contributed by atoms with van der Waals surface area (Å²) in [6, 6.07) is 0. The number of hydrogen-bond donors (Lipinski definition) is 2. The minimum Gasteiger partial charge on any atom is -0.466 e. The van der Waals surface area contributed by atoms with E-state index < -0.39 is 7.60 Å². The molecule has 0 rings (SSSR count). The molecule has 0 aromatic rings. The summed E-state index contributed by atoms with van der Waals surface area (Å²) < 4.78 is 16.1. The standard InChI is InChI=1S/C30H59O5P/c1-2-3-4-5-6-7-8-9-10-11-12-15-18-21-24-27-30(31)35-28-25-22-19-16-13-14-17-20-23-26-29-36(32,33)34/h9-10H,2-8,11-29H2,1H3,(H2,32,33,34)/b10-9-. The first-order valence-electron chi connectivity index (χ1n) is 15.3. The van der Waals surface area contributed by atoms with Gasteiger partial charge in [0, 0.05) is 12.6 Å². The van der Waals surface area contributed by atoms with E-state index in [0.717, 1.165) is 44.9 Å². The topological polar surface area (TPSA) is 83.8 Å². The highest BCUT2D eigenvalue weighted by molar-refractivity contribution is 7.51. The molecule has 0 bridgehead atoms. The normalized spacial score (nSPS) is 12.0. The first-order valence-corrected chi connectivity index (χ1v) is 17.1. The van der Waals surface area contributed by atoms with Gasteiger partial charge in [0.25, 0.3) is 0 Å². The number of carbonyl (C=O) groups excluding carboxylic acids is 1. The van der Waals surface area contributed by atoms with Crippen molar-refractivity contribution in [3.8, 4) is 0 Å². The van der Waals surface area contributed by atoms with Crippen molar-refractivity contribution in [3.05, 3.63) is 12.2 Å². The number of carbonyl (C=O) groups is 1. The summed E-state index contributed by atoms with van der Waals surface area (Å²) >= 11 is 0. The van der Waals surface area contributed by atoms with Crippen LogP contribution in [0.1, 0.15) is 161 Å². The van der Waals surface area contributed by atoms with Crippen molar-refractivity contribution in [1.29, 1.82) is 0 Å². The number of esters is 1. The molecular formula is C30H59O5P. The van der Waals surface area contributed by atoms with E-state index in [0.29, 0.717) is 19.4 Å². The fourth-order valence-electron chi connectivity index (χ4n) is 4.43. The van der Waals surface area contributed by atoms with Crippen LogP contribution >= 0.6 is 7.60 Å². The third-order valence-electron chi connectivity index (χ3n) is 6.75. The summed E-state index contributed by atoms with van der Waals surface area (Å²) in [5.74, 6) is -0.0358. The van der Waals surface area contributed by atoms with Crippen LogP contribution in [0.4, 0.5) is 0 Å². The zero-order chi connectivity index (χ0) is 26.6. The lowest BCUT2D eigenvalue weighted by molar-refractivity contribution is -0.143. The van der Waals surface area contributed by atoms with Crippen LogP contribution < -0.4 is 0 Å². The first-order chi connectivity index (χ1) is 17.5. The van der Waals surface area contributed by atoms with Gasteiger partial charge in [0.05, 0.1) is 6.61 Å². The van der Waals surface area contributed by atoms with E-state index in [4.69, 9.17) is 14.5 Å². The lowest BCUT2D eigenvalue weighted by atomic mass is 10.1. The predicted octanol–water partition coefficient (Wildman–Crippen LogP) is 9.65. The summed E-state index contributed by atoms with van der Waals surface area (Å²) in [6.45, 7) is 2.82. The molecule has 5 nitrogen and oxygen atoms in total. The molecule has 0 spiro atoms. The first kappa shape index (κ1) is 35.4. The van der Waals surface area contributed by atoms with E-state index in [1.54, 1.807) is 0 Å². The lowest BCUT2D eigenvalue weighted by Crippen LogP contribution is -2.05. The molecule has 0 saturated carbocycles. The smallest absolute Gasteiger partial charge is 0.325 e. The molecule has 0 heterocycles. The summed E-state index contributed by atoms with van der Waals surface area (Å²) in [4.78, 5) is 29.5. The molecule has 36 heavy (non-hydrogen) atoms. The van der Waals surface area contributed by atoms with Gasteiger partial charge in [-0.2, -0.15) is 0 Å². The number of allylic oxidation sites excluding steroid dienone is 2. The molecule has 0 amide bonds. The van der Waals surface area contributed by atoms with Crippen molar-refractivity contribution in [3.63, 3.8) is 0 Å². The summed E-state index contributed by atoms with van der Waals surface area (Å²) in [7, 11) is -3.80. The van der Waals surface area contributed by atoms with Gasteiger partial charge in [-0.05, 0) is 44.9 Å². The third kappa shape index (κ3) is 31.4. The summed E-state index contributed by atoms with van der Waals surface area (Å²) in [5.41, 5.74) is 0. The van der Waals surface area contributed by atoms with Crippen LogP contribution in [-0.2, 0) is 14.1 Å². The average molecular weight is 531 g/mol. The summed E-state index contributed by atoms with van der Waals surface area (Å²) in [6.07, 6.45) is 32.4. The SMILES string of the molecule is CCCCCCCC/C=C\CCCCCCCC(=O)OCCCCCCCCCCCCP(=O)(O)O. The van der Waals surface area contributed by atoms with Gasteiger partial charge in [-0.1, -0.05) is 122 Å². The molecule has 214 valence electrons. The largest absolute Gasteiger partial charge is 0.466 e. The molecule has 0 aliphatic carbocycles. The van der Waals surface area contributed by atoms with Crippen molar-refractivity contribution in [2.24, 2.45) is 0 Å². The molecule has 6 heteroatoms. The van der Waals surface area contributed by atoms with Gasteiger partial charge in [0.1, 0.15) is 0 Å². The fraction of sp³-hybridized carbons (Fsp3) is 0.900. The van der Waals surface area contributed by atoms with Crippen molar-refractivity contribution in [1.82, 2.24) is 0 Å². The Morgan fingerprint density at radius 3 is 1.53 bits per heavy atom. The Labute approximate surface area is 223 Å².